The van der Waals surface area contributed by atoms with Crippen molar-refractivity contribution >= 4 is 33.5 Å². The lowest BCUT2D eigenvalue weighted by molar-refractivity contribution is -0.384. The summed E-state index contributed by atoms with van der Waals surface area (Å²) in [6.07, 6.45) is 1.61. The standard InChI is InChI=1S/C24H24BrN3O6/c1-3-32-23-15-17(16-26-27-18-8-10-19(11-9-18)28(29)30)14-20(25)24(23)34-13-12-33-22-7-5-4-6-21(22)31-2/h4-11,14-16,27H,3,12-13H2,1-2H3/b26-16-. The average Bonchev–Trinajstić information content (AvgIpc) is 2.84. The van der Waals surface area contributed by atoms with Gasteiger partial charge in [0.05, 0.1) is 35.0 Å². The molecule has 0 spiro atoms. The number of non-ortho nitro benzene ring substituents is 1. The summed E-state index contributed by atoms with van der Waals surface area (Å²) in [5.41, 5.74) is 4.25. The van der Waals surface area contributed by atoms with Crippen molar-refractivity contribution in [2.75, 3.05) is 32.4 Å². The molecule has 0 saturated carbocycles. The molecule has 0 aliphatic heterocycles. The Bertz CT molecular complexity index is 1140. The Hall–Kier alpha value is -3.79. The molecule has 0 bridgehead atoms. The molecule has 0 aliphatic rings. The molecule has 0 aromatic heterocycles. The van der Waals surface area contributed by atoms with Gasteiger partial charge in [0.15, 0.2) is 23.0 Å². The van der Waals surface area contributed by atoms with Crippen molar-refractivity contribution in [3.63, 3.8) is 0 Å². The lowest BCUT2D eigenvalue weighted by Crippen LogP contribution is -2.11. The van der Waals surface area contributed by atoms with Crippen LogP contribution in [0.15, 0.2) is 70.2 Å². The maximum atomic E-state index is 10.7. The van der Waals surface area contributed by atoms with Crippen molar-refractivity contribution in [1.29, 1.82) is 0 Å². The van der Waals surface area contributed by atoms with Crippen LogP contribution in [-0.2, 0) is 0 Å². The zero-order valence-electron chi connectivity index (χ0n) is 18.7. The first-order valence-electron chi connectivity index (χ1n) is 10.4. The minimum Gasteiger partial charge on any atom is -0.493 e. The van der Waals surface area contributed by atoms with Crippen molar-refractivity contribution in [1.82, 2.24) is 0 Å². The molecule has 0 radical (unpaired) electrons. The number of methoxy groups -OCH3 is 1. The summed E-state index contributed by atoms with van der Waals surface area (Å²) >= 11 is 3.53. The van der Waals surface area contributed by atoms with Crippen molar-refractivity contribution in [2.24, 2.45) is 5.10 Å². The summed E-state index contributed by atoms with van der Waals surface area (Å²) in [5.74, 6) is 2.42. The summed E-state index contributed by atoms with van der Waals surface area (Å²) in [7, 11) is 1.59. The number of halogens is 1. The van der Waals surface area contributed by atoms with E-state index in [0.29, 0.717) is 53.0 Å². The van der Waals surface area contributed by atoms with Crippen molar-refractivity contribution in [2.45, 2.75) is 6.92 Å². The summed E-state index contributed by atoms with van der Waals surface area (Å²) < 4.78 is 23.4. The summed E-state index contributed by atoms with van der Waals surface area (Å²) in [4.78, 5) is 10.3. The minimum atomic E-state index is -0.450. The van der Waals surface area contributed by atoms with E-state index in [9.17, 15) is 10.1 Å². The highest BCUT2D eigenvalue weighted by molar-refractivity contribution is 9.10. The number of rotatable bonds is 12. The number of benzene rings is 3. The molecule has 3 aromatic carbocycles. The SMILES string of the molecule is CCOc1cc(/C=N\Nc2ccc([N+](=O)[O-])cc2)cc(Br)c1OCCOc1ccccc1OC. The number of hydrogen-bond acceptors (Lipinski definition) is 8. The van der Waals surface area contributed by atoms with Crippen molar-refractivity contribution < 1.29 is 23.9 Å². The molecule has 178 valence electrons. The fourth-order valence-corrected chi connectivity index (χ4v) is 3.51. The van der Waals surface area contributed by atoms with Crippen molar-refractivity contribution in [3.05, 3.63) is 80.8 Å². The molecule has 1 N–H and O–H groups in total. The highest BCUT2D eigenvalue weighted by Gasteiger charge is 2.12. The average molecular weight is 530 g/mol. The normalized spacial score (nSPS) is 10.7. The molecule has 0 amide bonds. The third kappa shape index (κ3) is 6.85. The predicted molar refractivity (Wildman–Crippen MR) is 134 cm³/mol. The summed E-state index contributed by atoms with van der Waals surface area (Å²) in [5, 5.41) is 14.9. The van der Waals surface area contributed by atoms with Crippen LogP contribution < -0.4 is 24.4 Å². The topological polar surface area (TPSA) is 104 Å². The van der Waals surface area contributed by atoms with Crippen LogP contribution in [0, 0.1) is 10.1 Å². The van der Waals surface area contributed by atoms with Gasteiger partial charge in [0.1, 0.15) is 13.2 Å². The predicted octanol–water partition coefficient (Wildman–Crippen LogP) is 5.67. The van der Waals surface area contributed by atoms with Crippen LogP contribution in [0.25, 0.3) is 0 Å². The first-order chi connectivity index (χ1) is 16.5. The molecule has 3 rings (SSSR count). The van der Waals surface area contributed by atoms with Crippen LogP contribution in [-0.4, -0.2) is 38.1 Å². The maximum absolute atomic E-state index is 10.7. The number of nitrogens with zero attached hydrogens (tertiary/aromatic N) is 2. The Kier molecular flexibility index (Phi) is 9.10. The third-order valence-electron chi connectivity index (χ3n) is 4.47. The van der Waals surface area contributed by atoms with Crippen LogP contribution in [0.1, 0.15) is 12.5 Å². The highest BCUT2D eigenvalue weighted by Crippen LogP contribution is 2.36. The van der Waals surface area contributed by atoms with Crippen LogP contribution >= 0.6 is 15.9 Å². The zero-order valence-corrected chi connectivity index (χ0v) is 20.3. The van der Waals surface area contributed by atoms with E-state index < -0.39 is 4.92 Å². The zero-order chi connectivity index (χ0) is 24.3. The number of nitro groups is 1. The van der Waals surface area contributed by atoms with Crippen LogP contribution in [0.2, 0.25) is 0 Å². The van der Waals surface area contributed by atoms with E-state index in [2.05, 4.69) is 26.5 Å². The Morgan fingerprint density at radius 3 is 2.38 bits per heavy atom. The van der Waals surface area contributed by atoms with Gasteiger partial charge in [0.25, 0.3) is 5.69 Å². The van der Waals surface area contributed by atoms with Gasteiger partial charge in [-0.05, 0) is 64.8 Å². The van der Waals surface area contributed by atoms with E-state index in [4.69, 9.17) is 18.9 Å². The number of hydrogen-bond donors (Lipinski definition) is 1. The minimum absolute atomic E-state index is 0.0173. The Balaban J connectivity index is 1.62. The number of hydrazone groups is 1. The third-order valence-corrected chi connectivity index (χ3v) is 5.06. The second-order valence-corrected chi connectivity index (χ2v) is 7.64. The largest absolute Gasteiger partial charge is 0.493 e. The van der Waals surface area contributed by atoms with Gasteiger partial charge in [0.2, 0.25) is 0 Å². The molecular weight excluding hydrogens is 506 g/mol. The number of nitrogens with one attached hydrogen (secondary N) is 1. The van der Waals surface area contributed by atoms with E-state index in [0.717, 1.165) is 5.56 Å². The molecule has 0 heterocycles. The van der Waals surface area contributed by atoms with Crippen LogP contribution in [0.4, 0.5) is 11.4 Å². The van der Waals surface area contributed by atoms with Crippen LogP contribution in [0.3, 0.4) is 0 Å². The molecule has 0 atom stereocenters. The number of anilines is 1. The van der Waals surface area contributed by atoms with E-state index in [1.54, 1.807) is 25.5 Å². The molecule has 0 fully saturated rings. The first-order valence-corrected chi connectivity index (χ1v) is 11.2. The Morgan fingerprint density at radius 1 is 1.00 bits per heavy atom. The maximum Gasteiger partial charge on any atom is 0.269 e. The van der Waals surface area contributed by atoms with Gasteiger partial charge in [-0.25, -0.2) is 0 Å². The van der Waals surface area contributed by atoms with E-state index in [1.165, 1.54) is 12.1 Å². The molecule has 3 aromatic rings. The van der Waals surface area contributed by atoms with E-state index >= 15 is 0 Å². The highest BCUT2D eigenvalue weighted by atomic mass is 79.9. The Labute approximate surface area is 205 Å². The fourth-order valence-electron chi connectivity index (χ4n) is 2.94. The lowest BCUT2D eigenvalue weighted by atomic mass is 10.2. The van der Waals surface area contributed by atoms with Gasteiger partial charge in [-0.1, -0.05) is 12.1 Å². The number of ether oxygens (including phenoxy) is 4. The number of para-hydroxylation sites is 2. The van der Waals surface area contributed by atoms with Crippen LogP contribution in [0.5, 0.6) is 23.0 Å². The van der Waals surface area contributed by atoms with Gasteiger partial charge >= 0.3 is 0 Å². The first kappa shape index (κ1) is 24.8. The quantitative estimate of drug-likeness (QED) is 0.139. The molecule has 10 heteroatoms. The fraction of sp³-hybridized carbons (Fsp3) is 0.208. The van der Waals surface area contributed by atoms with Gasteiger partial charge in [0, 0.05) is 12.1 Å². The number of nitro benzene ring substituents is 1. The second-order valence-electron chi connectivity index (χ2n) is 6.78. The Morgan fingerprint density at radius 2 is 1.71 bits per heavy atom. The smallest absolute Gasteiger partial charge is 0.269 e. The molecule has 0 saturated heterocycles. The molecule has 0 unspecified atom stereocenters. The monoisotopic (exact) mass is 529 g/mol. The van der Waals surface area contributed by atoms with E-state index in [-0.39, 0.29) is 5.69 Å². The molecule has 0 aliphatic carbocycles. The molecule has 34 heavy (non-hydrogen) atoms. The van der Waals surface area contributed by atoms with Gasteiger partial charge in [-0.15, -0.1) is 0 Å². The summed E-state index contributed by atoms with van der Waals surface area (Å²) in [6.45, 7) is 2.97. The molecular formula is C24H24BrN3O6. The van der Waals surface area contributed by atoms with E-state index in [1.807, 2.05) is 43.3 Å². The molecule has 9 nitrogen and oxygen atoms in total. The van der Waals surface area contributed by atoms with Gasteiger partial charge in [-0.2, -0.15) is 5.10 Å². The van der Waals surface area contributed by atoms with Crippen molar-refractivity contribution in [3.8, 4) is 23.0 Å². The second kappa shape index (κ2) is 12.4. The van der Waals surface area contributed by atoms with Gasteiger partial charge in [-0.3, -0.25) is 15.5 Å². The van der Waals surface area contributed by atoms with Gasteiger partial charge < -0.3 is 18.9 Å². The lowest BCUT2D eigenvalue weighted by Gasteiger charge is -2.15. The summed E-state index contributed by atoms with van der Waals surface area (Å²) in [6, 6.07) is 17.1.